The largest absolute Gasteiger partial charge is 0.444 e. The highest BCUT2D eigenvalue weighted by Crippen LogP contribution is 2.29. The van der Waals surface area contributed by atoms with Crippen LogP contribution in [0.4, 0.5) is 4.79 Å². The van der Waals surface area contributed by atoms with Crippen molar-refractivity contribution >= 4 is 14.2 Å². The molecule has 0 radical (unpaired) electrons. The molecule has 1 atom stereocenters. The highest BCUT2D eigenvalue weighted by Gasteiger charge is 2.36. The highest BCUT2D eigenvalue weighted by atomic mass is 28.3. The minimum absolute atomic E-state index is 0.135. The van der Waals surface area contributed by atoms with Gasteiger partial charge < -0.3 is 9.64 Å². The van der Waals surface area contributed by atoms with E-state index >= 15 is 0 Å². The number of rotatable bonds is 4. The van der Waals surface area contributed by atoms with Crippen molar-refractivity contribution in [3.05, 3.63) is 35.9 Å². The van der Waals surface area contributed by atoms with Crippen molar-refractivity contribution in [1.82, 2.24) is 4.90 Å². The maximum Gasteiger partial charge on any atom is 0.410 e. The lowest BCUT2D eigenvalue weighted by atomic mass is 10.2. The van der Waals surface area contributed by atoms with Crippen LogP contribution in [0, 0.1) is 0 Å². The van der Waals surface area contributed by atoms with Crippen molar-refractivity contribution in [2.75, 3.05) is 6.54 Å². The second-order valence-electron chi connectivity index (χ2n) is 8.50. The number of hydrogen-bond donors (Lipinski definition) is 0. The van der Waals surface area contributed by atoms with Crippen molar-refractivity contribution < 1.29 is 9.53 Å². The summed E-state index contributed by atoms with van der Waals surface area (Å²) in [6, 6.07) is 13.4. The molecule has 3 nitrogen and oxygen atoms in total. The molecule has 1 amide bonds. The zero-order chi connectivity index (χ0) is 17.1. The fourth-order valence-electron chi connectivity index (χ4n) is 3.47. The van der Waals surface area contributed by atoms with Gasteiger partial charge in [0.15, 0.2) is 0 Å². The average Bonchev–Trinajstić information content (AvgIpc) is 2.84. The highest BCUT2D eigenvalue weighted by molar-refractivity contribution is 6.77. The average molecular weight is 334 g/mol. The van der Waals surface area contributed by atoms with E-state index < -0.39 is 13.7 Å². The van der Waals surface area contributed by atoms with Gasteiger partial charge in [-0.2, -0.15) is 0 Å². The van der Waals surface area contributed by atoms with E-state index in [-0.39, 0.29) is 6.09 Å². The number of nitrogens with zero attached hydrogens (tertiary/aromatic N) is 1. The van der Waals surface area contributed by atoms with E-state index in [0.29, 0.717) is 6.04 Å². The van der Waals surface area contributed by atoms with E-state index in [2.05, 4.69) is 43.4 Å². The first-order chi connectivity index (χ1) is 10.7. The molecule has 0 spiro atoms. The Balaban J connectivity index is 1.98. The number of hydrogen-bond acceptors (Lipinski definition) is 2. The van der Waals surface area contributed by atoms with Crippen molar-refractivity contribution in [3.8, 4) is 0 Å². The van der Waals surface area contributed by atoms with E-state index in [1.807, 2.05) is 25.7 Å². The quantitative estimate of drug-likeness (QED) is 0.735. The fourth-order valence-corrected chi connectivity index (χ4v) is 6.65. The second-order valence-corrected chi connectivity index (χ2v) is 13.6. The van der Waals surface area contributed by atoms with Crippen LogP contribution in [0.15, 0.2) is 30.3 Å². The Bertz CT molecular complexity index is 522. The molecule has 23 heavy (non-hydrogen) atoms. The van der Waals surface area contributed by atoms with Gasteiger partial charge in [0.25, 0.3) is 0 Å². The first-order valence-electron chi connectivity index (χ1n) is 8.70. The first kappa shape index (κ1) is 18.1. The molecule has 1 aromatic carbocycles. The Labute approximate surface area is 142 Å². The molecule has 0 saturated carbocycles. The Kier molecular flexibility index (Phi) is 5.56. The maximum atomic E-state index is 12.4. The molecule has 1 heterocycles. The third-order valence-electron chi connectivity index (χ3n) is 4.32. The normalized spacial score (nSPS) is 19.0. The lowest BCUT2D eigenvalue weighted by Crippen LogP contribution is -2.44. The van der Waals surface area contributed by atoms with Crippen LogP contribution >= 0.6 is 0 Å². The number of benzene rings is 1. The fraction of sp³-hybridized carbons (Fsp3) is 0.632. The molecule has 2 rings (SSSR count). The van der Waals surface area contributed by atoms with Crippen LogP contribution in [-0.4, -0.2) is 37.3 Å². The Morgan fingerprint density at radius 3 is 2.52 bits per heavy atom. The summed E-state index contributed by atoms with van der Waals surface area (Å²) in [4.78, 5) is 14.4. The summed E-state index contributed by atoms with van der Waals surface area (Å²) in [6.45, 7) is 11.5. The molecule has 1 aliphatic heterocycles. The predicted molar refractivity (Wildman–Crippen MR) is 98.4 cm³/mol. The van der Waals surface area contributed by atoms with Crippen LogP contribution in [0.5, 0.6) is 0 Å². The molecular weight excluding hydrogens is 302 g/mol. The predicted octanol–water partition coefficient (Wildman–Crippen LogP) is 4.88. The monoisotopic (exact) mass is 333 g/mol. The molecule has 0 bridgehead atoms. The Morgan fingerprint density at radius 1 is 1.26 bits per heavy atom. The van der Waals surface area contributed by atoms with E-state index in [4.69, 9.17) is 4.74 Å². The van der Waals surface area contributed by atoms with Gasteiger partial charge >= 0.3 is 6.09 Å². The van der Waals surface area contributed by atoms with Gasteiger partial charge in [-0.05, 0) is 45.7 Å². The standard InChI is InChI=1S/C19H31NO2Si/c1-19(2,3)22-18(21)20-13-9-12-17(20)15-23(4,5)14-16-10-7-6-8-11-16/h6-8,10-11,17H,9,12-15H2,1-5H3. The van der Waals surface area contributed by atoms with Gasteiger partial charge in [0.05, 0.1) is 8.07 Å². The van der Waals surface area contributed by atoms with E-state index in [1.165, 1.54) is 11.6 Å². The van der Waals surface area contributed by atoms with Crippen molar-refractivity contribution in [1.29, 1.82) is 0 Å². The summed E-state index contributed by atoms with van der Waals surface area (Å²) in [5.74, 6) is 0. The van der Waals surface area contributed by atoms with Gasteiger partial charge in [-0.3, -0.25) is 0 Å². The molecule has 1 saturated heterocycles. The second kappa shape index (κ2) is 7.08. The van der Waals surface area contributed by atoms with Crippen molar-refractivity contribution in [2.24, 2.45) is 0 Å². The molecule has 1 aliphatic rings. The van der Waals surface area contributed by atoms with Crippen molar-refractivity contribution in [2.45, 2.75) is 70.4 Å². The summed E-state index contributed by atoms with van der Waals surface area (Å²) >= 11 is 0. The molecule has 128 valence electrons. The third kappa shape index (κ3) is 5.68. The number of carbonyl (C=O) groups excluding carboxylic acids is 1. The SMILES string of the molecule is CC(C)(C)OC(=O)N1CCCC1C[Si](C)(C)Cc1ccccc1. The summed E-state index contributed by atoms with van der Waals surface area (Å²) < 4.78 is 5.59. The number of carbonyl (C=O) groups is 1. The van der Waals surface area contributed by atoms with Crippen LogP contribution in [0.3, 0.4) is 0 Å². The van der Waals surface area contributed by atoms with Gasteiger partial charge in [-0.25, -0.2) is 4.79 Å². The maximum absolute atomic E-state index is 12.4. The van der Waals surface area contributed by atoms with Crippen molar-refractivity contribution in [3.63, 3.8) is 0 Å². The minimum Gasteiger partial charge on any atom is -0.444 e. The zero-order valence-electron chi connectivity index (χ0n) is 15.3. The molecule has 1 unspecified atom stereocenters. The van der Waals surface area contributed by atoms with Gasteiger partial charge in [0.2, 0.25) is 0 Å². The molecule has 0 N–H and O–H groups in total. The minimum atomic E-state index is -1.40. The molecule has 1 aromatic rings. The smallest absolute Gasteiger partial charge is 0.410 e. The number of ether oxygens (including phenoxy) is 1. The molecule has 0 aromatic heterocycles. The van der Waals surface area contributed by atoms with E-state index in [1.54, 1.807) is 0 Å². The van der Waals surface area contributed by atoms with E-state index in [0.717, 1.165) is 25.4 Å². The molecule has 4 heteroatoms. The molecular formula is C19H31NO2Si. The third-order valence-corrected chi connectivity index (χ3v) is 7.26. The van der Waals surface area contributed by atoms with Crippen LogP contribution < -0.4 is 0 Å². The Morgan fingerprint density at radius 2 is 1.91 bits per heavy atom. The van der Waals surface area contributed by atoms with Crippen LogP contribution in [-0.2, 0) is 10.8 Å². The zero-order valence-corrected chi connectivity index (χ0v) is 16.3. The van der Waals surface area contributed by atoms with Gasteiger partial charge in [-0.1, -0.05) is 49.0 Å². The number of amides is 1. The van der Waals surface area contributed by atoms with Crippen LogP contribution in [0.1, 0.15) is 39.2 Å². The summed E-state index contributed by atoms with van der Waals surface area (Å²) in [5, 5.41) is 0. The van der Waals surface area contributed by atoms with Gasteiger partial charge in [-0.15, -0.1) is 0 Å². The summed E-state index contributed by atoms with van der Waals surface area (Å²) in [6.07, 6.45) is 2.08. The summed E-state index contributed by atoms with van der Waals surface area (Å²) in [7, 11) is -1.40. The van der Waals surface area contributed by atoms with Crippen LogP contribution in [0.25, 0.3) is 0 Å². The topological polar surface area (TPSA) is 29.5 Å². The molecule has 0 aliphatic carbocycles. The van der Waals surface area contributed by atoms with Gasteiger partial charge in [0, 0.05) is 12.6 Å². The Hall–Kier alpha value is -1.29. The number of likely N-dealkylation sites (tertiary alicyclic amines) is 1. The lowest BCUT2D eigenvalue weighted by molar-refractivity contribution is 0.0238. The lowest BCUT2D eigenvalue weighted by Gasteiger charge is -2.33. The van der Waals surface area contributed by atoms with E-state index in [9.17, 15) is 4.79 Å². The molecule has 1 fully saturated rings. The summed E-state index contributed by atoms with van der Waals surface area (Å²) in [5.41, 5.74) is 1.01. The van der Waals surface area contributed by atoms with Gasteiger partial charge in [0.1, 0.15) is 5.60 Å². The first-order valence-corrected chi connectivity index (χ1v) is 12.1. The van der Waals surface area contributed by atoms with Crippen LogP contribution in [0.2, 0.25) is 19.1 Å².